The van der Waals surface area contributed by atoms with Crippen molar-refractivity contribution in [3.05, 3.63) is 102 Å². The lowest BCUT2D eigenvalue weighted by molar-refractivity contribution is -0.123. The topological polar surface area (TPSA) is 40.6 Å². The Morgan fingerprint density at radius 1 is 1.13 bits per heavy atom. The van der Waals surface area contributed by atoms with E-state index >= 15 is 0 Å². The highest BCUT2D eigenvalue weighted by molar-refractivity contribution is 5.92. The standard InChI is InChI=1S/C26H30N2O2/c1-6-7-9-21(3)27(4)24-14-11-22(12-15-24)19-23-13-16-25(18-20(23)2)28(5)26(30)10-8-17-29/h6-12,14-18,23H,1,3,13,19H2,2,4-5H3/b9-7-,10-8-. The number of carbonyl (C=O) groups excluding carboxylic acids is 2. The van der Waals surface area contributed by atoms with Gasteiger partial charge >= 0.3 is 0 Å². The van der Waals surface area contributed by atoms with E-state index in [1.54, 1.807) is 18.0 Å². The van der Waals surface area contributed by atoms with Gasteiger partial charge in [0.25, 0.3) is 5.91 Å². The molecule has 1 atom stereocenters. The number of anilines is 1. The van der Waals surface area contributed by atoms with Gasteiger partial charge in [0.15, 0.2) is 0 Å². The SMILES string of the molecule is C=C/C=C\C(=C)N(C)c1ccc(CC2CC=C(N(C)C(=O)/C=C\C=O)C=C2C)cc1. The van der Waals surface area contributed by atoms with E-state index in [9.17, 15) is 9.59 Å². The molecule has 1 aromatic rings. The minimum absolute atomic E-state index is 0.208. The molecular weight excluding hydrogens is 372 g/mol. The number of hydrogen-bond acceptors (Lipinski definition) is 3. The third-order valence-electron chi connectivity index (χ3n) is 5.33. The van der Waals surface area contributed by atoms with Crippen molar-refractivity contribution in [2.24, 2.45) is 5.92 Å². The van der Waals surface area contributed by atoms with Crippen LogP contribution in [0.25, 0.3) is 0 Å². The molecule has 0 bridgehead atoms. The monoisotopic (exact) mass is 402 g/mol. The Kier molecular flexibility index (Phi) is 8.36. The molecule has 4 nitrogen and oxygen atoms in total. The molecule has 30 heavy (non-hydrogen) atoms. The maximum atomic E-state index is 12.1. The molecule has 0 aromatic heterocycles. The van der Waals surface area contributed by atoms with Crippen molar-refractivity contribution >= 4 is 17.9 Å². The Balaban J connectivity index is 2.01. The van der Waals surface area contributed by atoms with Gasteiger partial charge < -0.3 is 9.80 Å². The number of carbonyl (C=O) groups is 2. The highest BCUT2D eigenvalue weighted by Crippen LogP contribution is 2.29. The van der Waals surface area contributed by atoms with Crippen molar-refractivity contribution in [3.8, 4) is 0 Å². The first-order valence-electron chi connectivity index (χ1n) is 9.96. The van der Waals surface area contributed by atoms with E-state index in [1.165, 1.54) is 23.3 Å². The summed E-state index contributed by atoms with van der Waals surface area (Å²) >= 11 is 0. The van der Waals surface area contributed by atoms with Gasteiger partial charge in [0, 0.05) is 37.3 Å². The summed E-state index contributed by atoms with van der Waals surface area (Å²) in [6.45, 7) is 9.86. The molecule has 0 heterocycles. The Bertz CT molecular complexity index is 917. The lowest BCUT2D eigenvalue weighted by Crippen LogP contribution is -2.25. The maximum absolute atomic E-state index is 12.1. The summed E-state index contributed by atoms with van der Waals surface area (Å²) in [5, 5.41) is 0. The van der Waals surface area contributed by atoms with E-state index in [2.05, 4.69) is 56.5 Å². The van der Waals surface area contributed by atoms with Crippen LogP contribution in [0.5, 0.6) is 0 Å². The van der Waals surface area contributed by atoms with Crippen molar-refractivity contribution < 1.29 is 9.59 Å². The van der Waals surface area contributed by atoms with Gasteiger partial charge in [-0.3, -0.25) is 9.59 Å². The first kappa shape index (κ1) is 22.9. The van der Waals surface area contributed by atoms with E-state index < -0.39 is 0 Å². The van der Waals surface area contributed by atoms with Gasteiger partial charge in [0.05, 0.1) is 0 Å². The second-order valence-electron chi connectivity index (χ2n) is 7.36. The normalized spacial score (nSPS) is 16.2. The highest BCUT2D eigenvalue weighted by atomic mass is 16.2. The summed E-state index contributed by atoms with van der Waals surface area (Å²) in [7, 11) is 3.72. The number of hydrogen-bond donors (Lipinski definition) is 0. The molecule has 2 rings (SSSR count). The first-order valence-corrected chi connectivity index (χ1v) is 9.96. The van der Waals surface area contributed by atoms with Crippen LogP contribution in [-0.4, -0.2) is 31.2 Å². The first-order chi connectivity index (χ1) is 14.4. The lowest BCUT2D eigenvalue weighted by Gasteiger charge is -2.26. The summed E-state index contributed by atoms with van der Waals surface area (Å²) in [5.74, 6) is 0.192. The minimum Gasteiger partial charge on any atom is -0.345 e. The Labute approximate surface area is 179 Å². The lowest BCUT2D eigenvalue weighted by atomic mass is 9.86. The predicted molar refractivity (Wildman–Crippen MR) is 125 cm³/mol. The van der Waals surface area contributed by atoms with Gasteiger partial charge in [-0.25, -0.2) is 0 Å². The van der Waals surface area contributed by atoms with Crippen LogP contribution < -0.4 is 4.90 Å². The van der Waals surface area contributed by atoms with Crippen LogP contribution in [-0.2, 0) is 16.0 Å². The zero-order chi connectivity index (χ0) is 22.1. The van der Waals surface area contributed by atoms with Gasteiger partial charge in [-0.05, 0) is 61.6 Å². The third kappa shape index (κ3) is 6.05. The van der Waals surface area contributed by atoms with Crippen molar-refractivity contribution in [2.45, 2.75) is 19.8 Å². The molecule has 0 aliphatic heterocycles. The number of amides is 1. The quantitative estimate of drug-likeness (QED) is 0.332. The molecule has 1 amide bonds. The molecular formula is C26H30N2O2. The molecule has 1 aliphatic carbocycles. The van der Waals surface area contributed by atoms with E-state index in [4.69, 9.17) is 0 Å². The predicted octanol–water partition coefficient (Wildman–Crippen LogP) is 4.98. The zero-order valence-corrected chi connectivity index (χ0v) is 18.0. The smallest absolute Gasteiger partial charge is 0.250 e. The number of likely N-dealkylation sites (N-methyl/N-ethyl adjacent to an activating group) is 2. The molecule has 0 saturated carbocycles. The van der Waals surface area contributed by atoms with E-state index in [0.717, 1.165) is 29.9 Å². The van der Waals surface area contributed by atoms with Crippen molar-refractivity contribution in [1.29, 1.82) is 0 Å². The number of nitrogens with zero attached hydrogens (tertiary/aromatic N) is 2. The number of benzene rings is 1. The largest absolute Gasteiger partial charge is 0.345 e. The van der Waals surface area contributed by atoms with Crippen LogP contribution in [0.15, 0.2) is 96.9 Å². The van der Waals surface area contributed by atoms with Crippen LogP contribution in [0.2, 0.25) is 0 Å². The summed E-state index contributed by atoms with van der Waals surface area (Å²) in [6, 6.07) is 8.53. The number of allylic oxidation sites excluding steroid dienone is 7. The fourth-order valence-electron chi connectivity index (χ4n) is 3.29. The fraction of sp³-hybridized carbons (Fsp3) is 0.231. The highest BCUT2D eigenvalue weighted by Gasteiger charge is 2.19. The average Bonchev–Trinajstić information content (AvgIpc) is 2.76. The second-order valence-corrected chi connectivity index (χ2v) is 7.36. The molecule has 0 saturated heterocycles. The van der Waals surface area contributed by atoms with Crippen LogP contribution in [0.3, 0.4) is 0 Å². The molecule has 0 N–H and O–H groups in total. The Hall–Kier alpha value is -3.40. The molecule has 1 aliphatic rings. The van der Waals surface area contributed by atoms with Gasteiger partial charge in [-0.15, -0.1) is 0 Å². The van der Waals surface area contributed by atoms with Crippen molar-refractivity contribution in [1.82, 2.24) is 4.90 Å². The molecule has 0 fully saturated rings. The molecule has 0 radical (unpaired) electrons. The molecule has 0 spiro atoms. The maximum Gasteiger partial charge on any atom is 0.250 e. The van der Waals surface area contributed by atoms with Crippen molar-refractivity contribution in [3.63, 3.8) is 0 Å². The second kappa shape index (κ2) is 11.0. The number of rotatable bonds is 9. The summed E-state index contributed by atoms with van der Waals surface area (Å²) in [6.07, 6.45) is 14.6. The van der Waals surface area contributed by atoms with E-state index in [1.807, 2.05) is 24.1 Å². The zero-order valence-electron chi connectivity index (χ0n) is 18.0. The van der Waals surface area contributed by atoms with Crippen LogP contribution in [0, 0.1) is 5.92 Å². The Morgan fingerprint density at radius 2 is 1.83 bits per heavy atom. The van der Waals surface area contributed by atoms with Crippen LogP contribution >= 0.6 is 0 Å². The average molecular weight is 403 g/mol. The summed E-state index contributed by atoms with van der Waals surface area (Å²) in [4.78, 5) is 26.1. The van der Waals surface area contributed by atoms with Crippen LogP contribution in [0.4, 0.5) is 5.69 Å². The molecule has 156 valence electrons. The van der Waals surface area contributed by atoms with Crippen molar-refractivity contribution in [2.75, 3.05) is 19.0 Å². The fourth-order valence-corrected chi connectivity index (χ4v) is 3.29. The van der Waals surface area contributed by atoms with Gasteiger partial charge in [-0.1, -0.05) is 49.1 Å². The Morgan fingerprint density at radius 3 is 2.43 bits per heavy atom. The summed E-state index contributed by atoms with van der Waals surface area (Å²) in [5.41, 5.74) is 5.36. The minimum atomic E-state index is -0.208. The van der Waals surface area contributed by atoms with Crippen LogP contribution in [0.1, 0.15) is 18.9 Å². The third-order valence-corrected chi connectivity index (χ3v) is 5.33. The molecule has 1 aromatic carbocycles. The van der Waals surface area contributed by atoms with Gasteiger partial charge in [0.1, 0.15) is 6.29 Å². The van der Waals surface area contributed by atoms with Gasteiger partial charge in [0.2, 0.25) is 0 Å². The molecule has 1 unspecified atom stereocenters. The molecule has 4 heteroatoms. The van der Waals surface area contributed by atoms with Gasteiger partial charge in [-0.2, -0.15) is 0 Å². The number of aldehydes is 1. The van der Waals surface area contributed by atoms with E-state index in [0.29, 0.717) is 12.2 Å². The summed E-state index contributed by atoms with van der Waals surface area (Å²) < 4.78 is 0. The van der Waals surface area contributed by atoms with E-state index in [-0.39, 0.29) is 5.91 Å².